The number of rotatable bonds is 4. The van der Waals surface area contributed by atoms with Gasteiger partial charge in [0.25, 0.3) is 0 Å². The molecule has 0 aliphatic rings. The molecule has 0 spiro atoms. The SMILES string of the molecule is O=C(COc1cc(F)c(F)c(F)c1)c1ccc(O)cc1O. The molecule has 0 heterocycles. The first-order chi connectivity index (χ1) is 9.88. The maximum Gasteiger partial charge on any atom is 0.203 e. The van der Waals surface area contributed by atoms with Crippen LogP contribution in [0.2, 0.25) is 0 Å². The fourth-order valence-electron chi connectivity index (χ4n) is 1.60. The van der Waals surface area contributed by atoms with Crippen LogP contribution in [-0.2, 0) is 0 Å². The van der Waals surface area contributed by atoms with E-state index in [-0.39, 0.29) is 17.1 Å². The molecule has 0 fully saturated rings. The van der Waals surface area contributed by atoms with E-state index in [0.29, 0.717) is 12.1 Å². The van der Waals surface area contributed by atoms with Crippen molar-refractivity contribution in [3.05, 3.63) is 53.3 Å². The zero-order valence-electron chi connectivity index (χ0n) is 10.4. The summed E-state index contributed by atoms with van der Waals surface area (Å²) in [5, 5.41) is 18.6. The molecule has 2 rings (SSSR count). The number of phenolic OH excluding ortho intramolecular Hbond substituents is 2. The standard InChI is InChI=1S/C14H9F3O4/c15-10-4-8(5-11(16)14(10)17)21-6-13(20)9-2-1-7(18)3-12(9)19/h1-5,18-19H,6H2. The smallest absolute Gasteiger partial charge is 0.203 e. The number of halogens is 3. The maximum atomic E-state index is 12.9. The lowest BCUT2D eigenvalue weighted by atomic mass is 10.1. The van der Waals surface area contributed by atoms with Crippen LogP contribution in [-0.4, -0.2) is 22.6 Å². The molecular formula is C14H9F3O4. The van der Waals surface area contributed by atoms with Crippen LogP contribution in [0.5, 0.6) is 17.2 Å². The van der Waals surface area contributed by atoms with Gasteiger partial charge in [0.15, 0.2) is 24.1 Å². The highest BCUT2D eigenvalue weighted by Crippen LogP contribution is 2.24. The van der Waals surface area contributed by atoms with Gasteiger partial charge >= 0.3 is 0 Å². The van der Waals surface area contributed by atoms with E-state index in [4.69, 9.17) is 9.84 Å². The van der Waals surface area contributed by atoms with Gasteiger partial charge in [-0.1, -0.05) is 0 Å². The molecule has 0 radical (unpaired) electrons. The van der Waals surface area contributed by atoms with Crippen molar-refractivity contribution in [2.45, 2.75) is 0 Å². The topological polar surface area (TPSA) is 66.8 Å². The third-order valence-corrected chi connectivity index (χ3v) is 2.61. The number of carbonyl (C=O) groups is 1. The molecule has 2 aromatic rings. The van der Waals surface area contributed by atoms with Gasteiger partial charge in [0.2, 0.25) is 5.78 Å². The molecule has 110 valence electrons. The highest BCUT2D eigenvalue weighted by Gasteiger charge is 2.15. The molecular weight excluding hydrogens is 289 g/mol. The van der Waals surface area contributed by atoms with Gasteiger partial charge < -0.3 is 14.9 Å². The van der Waals surface area contributed by atoms with Crippen LogP contribution < -0.4 is 4.74 Å². The summed E-state index contributed by atoms with van der Waals surface area (Å²) in [7, 11) is 0. The van der Waals surface area contributed by atoms with E-state index in [0.717, 1.165) is 6.07 Å². The number of phenols is 2. The van der Waals surface area contributed by atoms with Crippen molar-refractivity contribution in [2.24, 2.45) is 0 Å². The molecule has 0 aliphatic heterocycles. The largest absolute Gasteiger partial charge is 0.508 e. The molecule has 0 bridgehead atoms. The fourth-order valence-corrected chi connectivity index (χ4v) is 1.60. The molecule has 0 saturated carbocycles. The Labute approximate surface area is 117 Å². The van der Waals surface area contributed by atoms with Crippen LogP contribution in [0.15, 0.2) is 30.3 Å². The van der Waals surface area contributed by atoms with Crippen LogP contribution in [0, 0.1) is 17.5 Å². The van der Waals surface area contributed by atoms with Crippen LogP contribution in [0.4, 0.5) is 13.2 Å². The van der Waals surface area contributed by atoms with E-state index in [1.165, 1.54) is 12.1 Å². The minimum atomic E-state index is -1.63. The molecule has 0 amide bonds. The fraction of sp³-hybridized carbons (Fsp3) is 0.0714. The van der Waals surface area contributed by atoms with Gasteiger partial charge in [-0.2, -0.15) is 0 Å². The van der Waals surface area contributed by atoms with Crippen molar-refractivity contribution >= 4 is 5.78 Å². The van der Waals surface area contributed by atoms with Gasteiger partial charge in [0, 0.05) is 18.2 Å². The monoisotopic (exact) mass is 298 g/mol. The van der Waals surface area contributed by atoms with E-state index < -0.39 is 35.6 Å². The first kappa shape index (κ1) is 14.7. The average Bonchev–Trinajstić information content (AvgIpc) is 2.42. The molecule has 2 aromatic carbocycles. The lowest BCUT2D eigenvalue weighted by Crippen LogP contribution is -2.12. The molecule has 0 aliphatic carbocycles. The summed E-state index contributed by atoms with van der Waals surface area (Å²) in [6.45, 7) is -0.622. The van der Waals surface area contributed by atoms with Crippen LogP contribution in [0.1, 0.15) is 10.4 Å². The van der Waals surface area contributed by atoms with Crippen LogP contribution in [0.25, 0.3) is 0 Å². The van der Waals surface area contributed by atoms with Gasteiger partial charge in [-0.15, -0.1) is 0 Å². The van der Waals surface area contributed by atoms with Crippen molar-refractivity contribution in [2.75, 3.05) is 6.61 Å². The Balaban J connectivity index is 2.11. The second-order valence-electron chi connectivity index (χ2n) is 4.11. The number of benzene rings is 2. The Morgan fingerprint density at radius 3 is 2.24 bits per heavy atom. The summed E-state index contributed by atoms with van der Waals surface area (Å²) >= 11 is 0. The predicted octanol–water partition coefficient (Wildman–Crippen LogP) is 2.78. The van der Waals surface area contributed by atoms with Gasteiger partial charge in [-0.25, -0.2) is 13.2 Å². The number of aromatic hydroxyl groups is 2. The first-order valence-electron chi connectivity index (χ1n) is 5.71. The van der Waals surface area contributed by atoms with Crippen molar-refractivity contribution < 1.29 is 32.9 Å². The molecule has 7 heteroatoms. The minimum Gasteiger partial charge on any atom is -0.508 e. The van der Waals surface area contributed by atoms with Gasteiger partial charge in [0.1, 0.15) is 17.2 Å². The Bertz CT molecular complexity index is 678. The second kappa shape index (κ2) is 5.74. The van der Waals surface area contributed by atoms with Crippen molar-refractivity contribution in [3.63, 3.8) is 0 Å². The zero-order valence-corrected chi connectivity index (χ0v) is 10.4. The summed E-state index contributed by atoms with van der Waals surface area (Å²) in [4.78, 5) is 11.8. The van der Waals surface area contributed by atoms with Gasteiger partial charge in [-0.3, -0.25) is 4.79 Å². The van der Waals surface area contributed by atoms with Gasteiger partial charge in [-0.05, 0) is 12.1 Å². The molecule has 0 saturated heterocycles. The molecule has 2 N–H and O–H groups in total. The number of Topliss-reactive ketones (excluding diaryl/α,β-unsaturated/α-hetero) is 1. The summed E-state index contributed by atoms with van der Waals surface area (Å²) < 4.78 is 43.5. The van der Waals surface area contributed by atoms with E-state index in [9.17, 15) is 23.1 Å². The van der Waals surface area contributed by atoms with E-state index in [2.05, 4.69) is 0 Å². The van der Waals surface area contributed by atoms with E-state index >= 15 is 0 Å². The summed E-state index contributed by atoms with van der Waals surface area (Å²) in [6.07, 6.45) is 0. The highest BCUT2D eigenvalue weighted by atomic mass is 19.2. The molecule has 21 heavy (non-hydrogen) atoms. The third kappa shape index (κ3) is 3.25. The summed E-state index contributed by atoms with van der Waals surface area (Å²) in [5.41, 5.74) is -0.129. The molecule has 0 unspecified atom stereocenters. The first-order valence-corrected chi connectivity index (χ1v) is 5.71. The van der Waals surface area contributed by atoms with Crippen molar-refractivity contribution in [1.29, 1.82) is 0 Å². The number of carbonyl (C=O) groups excluding carboxylic acids is 1. The Morgan fingerprint density at radius 2 is 1.67 bits per heavy atom. The summed E-state index contributed by atoms with van der Waals surface area (Å²) in [5.74, 6) is -6.25. The zero-order chi connectivity index (χ0) is 15.6. The normalized spacial score (nSPS) is 10.4. The Kier molecular flexibility index (Phi) is 4.02. The Hall–Kier alpha value is -2.70. The van der Waals surface area contributed by atoms with Crippen LogP contribution in [0.3, 0.4) is 0 Å². The minimum absolute atomic E-state index is 0.129. The van der Waals surface area contributed by atoms with E-state index in [1.807, 2.05) is 0 Å². The van der Waals surface area contributed by atoms with Crippen molar-refractivity contribution in [1.82, 2.24) is 0 Å². The number of hydrogen-bond acceptors (Lipinski definition) is 4. The van der Waals surface area contributed by atoms with E-state index in [1.54, 1.807) is 0 Å². The Morgan fingerprint density at radius 1 is 1.05 bits per heavy atom. The number of hydrogen-bond donors (Lipinski definition) is 2. The summed E-state index contributed by atoms with van der Waals surface area (Å²) in [6, 6.07) is 4.52. The quantitative estimate of drug-likeness (QED) is 0.673. The maximum absolute atomic E-state index is 12.9. The number of ether oxygens (including phenoxy) is 1. The van der Waals surface area contributed by atoms with Crippen LogP contribution >= 0.6 is 0 Å². The average molecular weight is 298 g/mol. The molecule has 0 aromatic heterocycles. The lowest BCUT2D eigenvalue weighted by molar-refractivity contribution is 0.0918. The number of ketones is 1. The lowest BCUT2D eigenvalue weighted by Gasteiger charge is -2.08. The highest BCUT2D eigenvalue weighted by molar-refractivity contribution is 5.99. The van der Waals surface area contributed by atoms with Gasteiger partial charge in [0.05, 0.1) is 5.56 Å². The molecule has 4 nitrogen and oxygen atoms in total. The second-order valence-corrected chi connectivity index (χ2v) is 4.11. The predicted molar refractivity (Wildman–Crippen MR) is 65.9 cm³/mol. The molecule has 0 atom stereocenters. The van der Waals surface area contributed by atoms with Crippen molar-refractivity contribution in [3.8, 4) is 17.2 Å². The third-order valence-electron chi connectivity index (χ3n) is 2.61.